The molecule has 0 unspecified atom stereocenters. The Morgan fingerprint density at radius 2 is 1.50 bits per heavy atom. The number of unbranched alkanes of at least 4 members (excludes halogenated alkanes) is 5. The first-order valence-electron chi connectivity index (χ1n) is 5.80. The van der Waals surface area contributed by atoms with Gasteiger partial charge in [0.05, 0.1) is 0 Å². The second-order valence-corrected chi connectivity index (χ2v) is 3.75. The number of nitrogens with one attached hydrogen (secondary N) is 4. The average Bonchev–Trinajstić information content (AvgIpc) is 2.21. The summed E-state index contributed by atoms with van der Waals surface area (Å²) in [5.41, 5.74) is 10.5. The van der Waals surface area contributed by atoms with E-state index >= 15 is 0 Å². The molecule has 94 valence electrons. The van der Waals surface area contributed by atoms with Gasteiger partial charge in [0, 0.05) is 6.54 Å². The molecular weight excluding hydrogens is 204 g/mol. The monoisotopic (exact) mass is 228 g/mol. The predicted molar refractivity (Wildman–Crippen MR) is 67.5 cm³/mol. The van der Waals surface area contributed by atoms with Gasteiger partial charge < -0.3 is 16.8 Å². The fraction of sp³-hybridized carbons (Fsp3) is 0.800. The van der Waals surface area contributed by atoms with Crippen LogP contribution in [0, 0.1) is 10.8 Å². The van der Waals surface area contributed by atoms with Crippen LogP contribution in [0.15, 0.2) is 0 Å². The Morgan fingerprint density at radius 3 is 2.06 bits per heavy atom. The topological polar surface area (TPSA) is 124 Å². The van der Waals surface area contributed by atoms with Crippen LogP contribution >= 0.6 is 0 Å². The third kappa shape index (κ3) is 10.8. The van der Waals surface area contributed by atoms with Gasteiger partial charge in [0.15, 0.2) is 11.9 Å². The smallest absolute Gasteiger partial charge is 0.195 e. The van der Waals surface area contributed by atoms with E-state index in [-0.39, 0.29) is 11.9 Å². The van der Waals surface area contributed by atoms with Crippen molar-refractivity contribution in [3.05, 3.63) is 0 Å². The summed E-state index contributed by atoms with van der Waals surface area (Å²) < 4.78 is 0. The van der Waals surface area contributed by atoms with E-state index in [1.165, 1.54) is 19.3 Å². The first kappa shape index (κ1) is 14.7. The van der Waals surface area contributed by atoms with Gasteiger partial charge in [-0.15, -0.1) is 0 Å². The normalized spacial score (nSPS) is 9.81. The summed E-state index contributed by atoms with van der Waals surface area (Å²) in [7, 11) is 0. The molecule has 0 aliphatic rings. The number of rotatable bonds is 8. The highest BCUT2D eigenvalue weighted by Gasteiger charge is 1.95. The van der Waals surface area contributed by atoms with E-state index in [4.69, 9.17) is 22.3 Å². The van der Waals surface area contributed by atoms with E-state index in [0.29, 0.717) is 0 Å². The lowest BCUT2D eigenvalue weighted by molar-refractivity contribution is 0.592. The lowest BCUT2D eigenvalue weighted by atomic mass is 10.1. The first-order valence-corrected chi connectivity index (χ1v) is 5.80. The molecule has 0 fully saturated rings. The van der Waals surface area contributed by atoms with Crippen LogP contribution in [0.25, 0.3) is 0 Å². The number of guanidine groups is 2. The molecule has 0 aliphatic carbocycles. The highest BCUT2D eigenvalue weighted by Crippen LogP contribution is 2.03. The van der Waals surface area contributed by atoms with E-state index in [1.54, 1.807) is 0 Å². The van der Waals surface area contributed by atoms with Crippen molar-refractivity contribution >= 4 is 11.9 Å². The second-order valence-electron chi connectivity index (χ2n) is 3.75. The Balaban J connectivity index is 3.14. The van der Waals surface area contributed by atoms with Crippen molar-refractivity contribution in [3.8, 4) is 0 Å². The zero-order chi connectivity index (χ0) is 12.2. The molecule has 0 aromatic rings. The van der Waals surface area contributed by atoms with Crippen LogP contribution < -0.4 is 22.1 Å². The van der Waals surface area contributed by atoms with Crippen LogP contribution in [0.4, 0.5) is 0 Å². The zero-order valence-electron chi connectivity index (χ0n) is 9.81. The van der Waals surface area contributed by atoms with Gasteiger partial charge in [0.1, 0.15) is 0 Å². The summed E-state index contributed by atoms with van der Waals surface area (Å²) in [4.78, 5) is 0. The maximum Gasteiger partial charge on any atom is 0.195 e. The summed E-state index contributed by atoms with van der Waals surface area (Å²) >= 11 is 0. The lowest BCUT2D eigenvalue weighted by Gasteiger charge is -2.08. The molecule has 6 nitrogen and oxygen atoms in total. The summed E-state index contributed by atoms with van der Waals surface area (Å²) in [5.74, 6) is -0.116. The Hall–Kier alpha value is -1.30. The predicted octanol–water partition coefficient (Wildman–Crippen LogP) is 0.293. The van der Waals surface area contributed by atoms with Gasteiger partial charge in [0.2, 0.25) is 0 Å². The van der Waals surface area contributed by atoms with E-state index in [0.717, 1.165) is 32.4 Å². The molecule has 8 N–H and O–H groups in total. The number of hydrogen-bond donors (Lipinski definition) is 6. The van der Waals surface area contributed by atoms with Crippen LogP contribution in [0.2, 0.25) is 0 Å². The molecule has 0 bridgehead atoms. The Morgan fingerprint density at radius 1 is 0.938 bits per heavy atom. The molecule has 0 heterocycles. The lowest BCUT2D eigenvalue weighted by Crippen LogP contribution is -2.43. The Bertz CT molecular complexity index is 203. The fourth-order valence-electron chi connectivity index (χ4n) is 1.37. The van der Waals surface area contributed by atoms with Crippen LogP contribution in [-0.4, -0.2) is 25.0 Å². The molecule has 0 saturated carbocycles. The molecule has 0 aromatic heterocycles. The molecule has 16 heavy (non-hydrogen) atoms. The second kappa shape index (κ2) is 10.2. The van der Waals surface area contributed by atoms with Crippen molar-refractivity contribution in [2.24, 2.45) is 11.5 Å². The zero-order valence-corrected chi connectivity index (χ0v) is 9.81. The number of hydrogen-bond acceptors (Lipinski definition) is 3. The summed E-state index contributed by atoms with van der Waals surface area (Å²) in [5, 5.41) is 19.5. The van der Waals surface area contributed by atoms with Crippen LogP contribution in [-0.2, 0) is 0 Å². The molecule has 0 amide bonds. The van der Waals surface area contributed by atoms with Gasteiger partial charge in [-0.05, 0) is 19.4 Å². The largest absolute Gasteiger partial charge is 0.370 e. The SMILES string of the molecule is N=C(N)NC(=N)NCCCCCCCCN. The van der Waals surface area contributed by atoms with Gasteiger partial charge in [-0.3, -0.25) is 16.1 Å². The summed E-state index contributed by atoms with van der Waals surface area (Å²) in [6, 6.07) is 0. The van der Waals surface area contributed by atoms with Crippen molar-refractivity contribution < 1.29 is 0 Å². The quantitative estimate of drug-likeness (QED) is 0.203. The van der Waals surface area contributed by atoms with E-state index in [1.807, 2.05) is 0 Å². The van der Waals surface area contributed by atoms with Gasteiger partial charge in [-0.1, -0.05) is 25.7 Å². The van der Waals surface area contributed by atoms with E-state index in [9.17, 15) is 0 Å². The van der Waals surface area contributed by atoms with Crippen molar-refractivity contribution in [1.29, 1.82) is 10.8 Å². The summed E-state index contributed by atoms with van der Waals surface area (Å²) in [6.45, 7) is 1.53. The Labute approximate surface area is 97.2 Å². The minimum Gasteiger partial charge on any atom is -0.370 e. The molecule has 0 aromatic carbocycles. The van der Waals surface area contributed by atoms with Gasteiger partial charge in [0.25, 0.3) is 0 Å². The van der Waals surface area contributed by atoms with Gasteiger partial charge in [-0.25, -0.2) is 0 Å². The average molecular weight is 228 g/mol. The highest BCUT2D eigenvalue weighted by molar-refractivity contribution is 5.94. The molecule has 6 heteroatoms. The molecule has 0 radical (unpaired) electrons. The molecule has 0 saturated heterocycles. The van der Waals surface area contributed by atoms with Crippen molar-refractivity contribution in [3.63, 3.8) is 0 Å². The molecule has 0 aliphatic heterocycles. The standard InChI is InChI=1S/C10H24N6/c11-7-5-3-1-2-4-6-8-15-10(14)16-9(12)13/h1-8,11H2,(H6,12,13,14,15,16). The Kier molecular flexibility index (Phi) is 9.39. The highest BCUT2D eigenvalue weighted by atomic mass is 15.2. The van der Waals surface area contributed by atoms with Crippen LogP contribution in [0.3, 0.4) is 0 Å². The third-order valence-electron chi connectivity index (χ3n) is 2.19. The van der Waals surface area contributed by atoms with Crippen LogP contribution in [0.5, 0.6) is 0 Å². The molecule has 0 rings (SSSR count). The third-order valence-corrected chi connectivity index (χ3v) is 2.19. The number of nitrogens with two attached hydrogens (primary N) is 2. The molecular formula is C10H24N6. The van der Waals surface area contributed by atoms with E-state index in [2.05, 4.69) is 10.6 Å². The summed E-state index contributed by atoms with van der Waals surface area (Å²) in [6.07, 6.45) is 6.97. The molecule has 0 atom stereocenters. The first-order chi connectivity index (χ1) is 7.66. The van der Waals surface area contributed by atoms with Crippen LogP contribution in [0.1, 0.15) is 38.5 Å². The minimum absolute atomic E-state index is 0.0932. The minimum atomic E-state index is -0.209. The maximum atomic E-state index is 7.33. The van der Waals surface area contributed by atoms with Gasteiger partial charge >= 0.3 is 0 Å². The van der Waals surface area contributed by atoms with Crippen molar-refractivity contribution in [2.45, 2.75) is 38.5 Å². The van der Waals surface area contributed by atoms with Crippen molar-refractivity contribution in [2.75, 3.05) is 13.1 Å². The van der Waals surface area contributed by atoms with Gasteiger partial charge in [-0.2, -0.15) is 0 Å². The van der Waals surface area contributed by atoms with E-state index < -0.39 is 0 Å². The van der Waals surface area contributed by atoms with Crippen molar-refractivity contribution in [1.82, 2.24) is 10.6 Å². The maximum absolute atomic E-state index is 7.33. The fourth-order valence-corrected chi connectivity index (χ4v) is 1.37. The molecule has 0 spiro atoms.